The second-order valence-electron chi connectivity index (χ2n) is 1.93. The van der Waals surface area contributed by atoms with Gasteiger partial charge in [0.25, 0.3) is 0 Å². The van der Waals surface area contributed by atoms with Crippen LogP contribution < -0.4 is 11.1 Å². The SMILES string of the molecule is CNC(C)=O.NC(CO)C(=O)O. The molecular weight excluding hydrogens is 164 g/mol. The van der Waals surface area contributed by atoms with Gasteiger partial charge in [-0.15, -0.1) is 0 Å². The fourth-order valence-corrected chi connectivity index (χ4v) is 0.0781. The summed E-state index contributed by atoms with van der Waals surface area (Å²) in [7, 11) is 1.60. The molecule has 12 heavy (non-hydrogen) atoms. The summed E-state index contributed by atoms with van der Waals surface area (Å²) in [5, 5.41) is 18.3. The number of hydrogen-bond acceptors (Lipinski definition) is 4. The summed E-state index contributed by atoms with van der Waals surface area (Å²) < 4.78 is 0. The van der Waals surface area contributed by atoms with E-state index >= 15 is 0 Å². The molecule has 0 aliphatic heterocycles. The smallest absolute Gasteiger partial charge is 0.322 e. The molecule has 0 rings (SSSR count). The molecule has 5 N–H and O–H groups in total. The summed E-state index contributed by atoms with van der Waals surface area (Å²) in [6, 6.07) is -1.13. The number of amides is 1. The van der Waals surface area contributed by atoms with Crippen LogP contribution in [0.2, 0.25) is 0 Å². The highest BCUT2D eigenvalue weighted by Gasteiger charge is 2.06. The number of aliphatic hydroxyl groups is 1. The van der Waals surface area contributed by atoms with Crippen molar-refractivity contribution in [2.45, 2.75) is 13.0 Å². The molecule has 0 saturated heterocycles. The maximum absolute atomic E-state index is 9.70. The van der Waals surface area contributed by atoms with Crippen LogP contribution in [0.3, 0.4) is 0 Å². The van der Waals surface area contributed by atoms with Crippen LogP contribution in [0, 0.1) is 0 Å². The molecule has 6 heteroatoms. The molecule has 1 unspecified atom stereocenters. The van der Waals surface area contributed by atoms with Gasteiger partial charge in [-0.05, 0) is 0 Å². The van der Waals surface area contributed by atoms with E-state index in [0.29, 0.717) is 0 Å². The lowest BCUT2D eigenvalue weighted by Crippen LogP contribution is -2.33. The number of carbonyl (C=O) groups excluding carboxylic acids is 1. The van der Waals surface area contributed by atoms with Gasteiger partial charge in [-0.1, -0.05) is 0 Å². The Hall–Kier alpha value is -1.14. The number of carboxylic acid groups (broad SMARTS) is 1. The second kappa shape index (κ2) is 7.96. The van der Waals surface area contributed by atoms with Gasteiger partial charge < -0.3 is 21.3 Å². The van der Waals surface area contributed by atoms with E-state index < -0.39 is 18.6 Å². The van der Waals surface area contributed by atoms with Crippen LogP contribution in [0.25, 0.3) is 0 Å². The van der Waals surface area contributed by atoms with Gasteiger partial charge in [-0.2, -0.15) is 0 Å². The third-order valence-corrected chi connectivity index (χ3v) is 0.866. The van der Waals surface area contributed by atoms with E-state index in [-0.39, 0.29) is 5.91 Å². The molecule has 1 amide bonds. The molecule has 0 radical (unpaired) electrons. The van der Waals surface area contributed by atoms with E-state index in [1.54, 1.807) is 7.05 Å². The monoisotopic (exact) mass is 178 g/mol. The Morgan fingerprint density at radius 1 is 1.58 bits per heavy atom. The summed E-state index contributed by atoms with van der Waals surface area (Å²) in [6.07, 6.45) is 0. The Labute approximate surface area is 70.4 Å². The zero-order chi connectivity index (χ0) is 10.1. The van der Waals surface area contributed by atoms with E-state index in [1.165, 1.54) is 6.92 Å². The lowest BCUT2D eigenvalue weighted by molar-refractivity contribution is -0.139. The minimum absolute atomic E-state index is 0.00463. The van der Waals surface area contributed by atoms with Gasteiger partial charge in [0.2, 0.25) is 5.91 Å². The predicted molar refractivity (Wildman–Crippen MR) is 42.4 cm³/mol. The summed E-state index contributed by atoms with van der Waals surface area (Å²) in [5.41, 5.74) is 4.77. The van der Waals surface area contributed by atoms with Gasteiger partial charge in [0.05, 0.1) is 6.61 Å². The Morgan fingerprint density at radius 2 is 1.92 bits per heavy atom. The third-order valence-electron chi connectivity index (χ3n) is 0.866. The number of rotatable bonds is 2. The lowest BCUT2D eigenvalue weighted by atomic mass is 10.3. The molecule has 1 atom stereocenters. The molecule has 0 aromatic rings. The number of carboxylic acids is 1. The van der Waals surface area contributed by atoms with Crippen LogP contribution in [0.4, 0.5) is 0 Å². The van der Waals surface area contributed by atoms with Crippen molar-refractivity contribution >= 4 is 11.9 Å². The molecule has 0 heterocycles. The first kappa shape index (κ1) is 13.4. The van der Waals surface area contributed by atoms with E-state index in [2.05, 4.69) is 5.32 Å². The highest BCUT2D eigenvalue weighted by Crippen LogP contribution is 1.71. The van der Waals surface area contributed by atoms with Crippen molar-refractivity contribution in [1.29, 1.82) is 0 Å². The fourth-order valence-electron chi connectivity index (χ4n) is 0.0781. The number of aliphatic hydroxyl groups excluding tert-OH is 1. The molecule has 0 saturated carbocycles. The Kier molecular flexibility index (Phi) is 8.92. The summed E-state index contributed by atoms with van der Waals surface area (Å²) in [4.78, 5) is 19.3. The molecule has 0 aromatic heterocycles. The zero-order valence-electron chi connectivity index (χ0n) is 7.07. The van der Waals surface area contributed by atoms with Gasteiger partial charge in [0.1, 0.15) is 6.04 Å². The van der Waals surface area contributed by atoms with Crippen LogP contribution in [-0.4, -0.2) is 41.8 Å². The van der Waals surface area contributed by atoms with Crippen LogP contribution in [0.15, 0.2) is 0 Å². The minimum Gasteiger partial charge on any atom is -0.480 e. The van der Waals surface area contributed by atoms with Gasteiger partial charge in [0, 0.05) is 14.0 Å². The molecule has 0 spiro atoms. The molecule has 0 aliphatic rings. The van der Waals surface area contributed by atoms with Crippen LogP contribution in [-0.2, 0) is 9.59 Å². The first-order valence-electron chi connectivity index (χ1n) is 3.23. The van der Waals surface area contributed by atoms with Gasteiger partial charge >= 0.3 is 5.97 Å². The molecular formula is C6H14N2O4. The van der Waals surface area contributed by atoms with Crippen LogP contribution >= 0.6 is 0 Å². The average Bonchev–Trinajstić information content (AvgIpc) is 2.04. The number of nitrogens with two attached hydrogens (primary N) is 1. The summed E-state index contributed by atoms with van der Waals surface area (Å²) >= 11 is 0. The van der Waals surface area contributed by atoms with Gasteiger partial charge in [-0.3, -0.25) is 9.59 Å². The molecule has 0 aromatic carbocycles. The maximum Gasteiger partial charge on any atom is 0.322 e. The van der Waals surface area contributed by atoms with Crippen molar-refractivity contribution in [3.05, 3.63) is 0 Å². The number of aliphatic carboxylic acids is 1. The van der Waals surface area contributed by atoms with Crippen molar-refractivity contribution in [3.63, 3.8) is 0 Å². The van der Waals surface area contributed by atoms with Crippen molar-refractivity contribution in [3.8, 4) is 0 Å². The Morgan fingerprint density at radius 3 is 1.92 bits per heavy atom. The number of hydrogen-bond donors (Lipinski definition) is 4. The van der Waals surface area contributed by atoms with Gasteiger partial charge in [0.15, 0.2) is 0 Å². The van der Waals surface area contributed by atoms with E-state index in [9.17, 15) is 9.59 Å². The third kappa shape index (κ3) is 11.6. The topological polar surface area (TPSA) is 113 Å². The predicted octanol–water partition coefficient (Wildman–Crippen LogP) is -1.86. The largest absolute Gasteiger partial charge is 0.480 e. The fraction of sp³-hybridized carbons (Fsp3) is 0.667. The Bertz CT molecular complexity index is 148. The minimum atomic E-state index is -1.18. The summed E-state index contributed by atoms with van der Waals surface area (Å²) in [6.45, 7) is 0.968. The van der Waals surface area contributed by atoms with Gasteiger partial charge in [-0.25, -0.2) is 0 Å². The molecule has 0 aliphatic carbocycles. The lowest BCUT2D eigenvalue weighted by Gasteiger charge is -1.96. The number of nitrogens with one attached hydrogen (secondary N) is 1. The van der Waals surface area contributed by atoms with Crippen molar-refractivity contribution < 1.29 is 19.8 Å². The highest BCUT2D eigenvalue weighted by molar-refractivity contribution is 5.73. The second-order valence-corrected chi connectivity index (χ2v) is 1.93. The van der Waals surface area contributed by atoms with Crippen molar-refractivity contribution in [2.24, 2.45) is 5.73 Å². The zero-order valence-corrected chi connectivity index (χ0v) is 7.07. The maximum atomic E-state index is 9.70. The normalized spacial score (nSPS) is 10.7. The molecule has 6 nitrogen and oxygen atoms in total. The first-order chi connectivity index (χ1) is 5.45. The Balaban J connectivity index is 0. The highest BCUT2D eigenvalue weighted by atomic mass is 16.4. The van der Waals surface area contributed by atoms with E-state index in [1.807, 2.05) is 0 Å². The van der Waals surface area contributed by atoms with E-state index in [0.717, 1.165) is 0 Å². The average molecular weight is 178 g/mol. The van der Waals surface area contributed by atoms with Crippen molar-refractivity contribution in [2.75, 3.05) is 13.7 Å². The van der Waals surface area contributed by atoms with Crippen LogP contribution in [0.5, 0.6) is 0 Å². The standard InChI is InChI=1S/C3H7NO3.C3H7NO/c4-2(1-5)3(6)7;1-3(5)4-2/h2,5H,1,4H2,(H,6,7);1-2H3,(H,4,5). The molecule has 0 fully saturated rings. The molecule has 0 bridgehead atoms. The first-order valence-corrected chi connectivity index (χ1v) is 3.23. The van der Waals surface area contributed by atoms with Crippen molar-refractivity contribution in [1.82, 2.24) is 5.32 Å². The van der Waals surface area contributed by atoms with Crippen LogP contribution in [0.1, 0.15) is 6.92 Å². The quantitative estimate of drug-likeness (QED) is 0.396. The summed E-state index contributed by atoms with van der Waals surface area (Å²) in [5.74, 6) is -1.17. The molecule has 72 valence electrons. The van der Waals surface area contributed by atoms with E-state index in [4.69, 9.17) is 15.9 Å². The number of carbonyl (C=O) groups is 2.